The first-order valence-corrected chi connectivity index (χ1v) is 10.2. The van der Waals surface area contributed by atoms with Crippen molar-refractivity contribution in [2.75, 3.05) is 19.5 Å². The Morgan fingerprint density at radius 2 is 1.54 bits per heavy atom. The van der Waals surface area contributed by atoms with Crippen LogP contribution in [0.3, 0.4) is 0 Å². The third kappa shape index (κ3) is 7.19. The van der Waals surface area contributed by atoms with Gasteiger partial charge in [-0.3, -0.25) is 0 Å². The van der Waals surface area contributed by atoms with Crippen LogP contribution in [-0.2, 0) is 27.7 Å². The zero-order chi connectivity index (χ0) is 19.0. The molecule has 5 nitrogen and oxygen atoms in total. The van der Waals surface area contributed by atoms with Crippen molar-refractivity contribution in [2.24, 2.45) is 0 Å². The third-order valence-corrected chi connectivity index (χ3v) is 4.00. The summed E-state index contributed by atoms with van der Waals surface area (Å²) in [6.07, 6.45) is 2.42. The smallest absolute Gasteiger partial charge is 0.306 e. The van der Waals surface area contributed by atoms with Gasteiger partial charge in [0, 0.05) is 12.8 Å². The van der Waals surface area contributed by atoms with E-state index >= 15 is 0 Å². The molecule has 26 heavy (non-hydrogen) atoms. The molecule has 2 aromatic carbocycles. The normalized spacial score (nSPS) is 11.0. The van der Waals surface area contributed by atoms with Gasteiger partial charge in [0.2, 0.25) is 0 Å². The summed E-state index contributed by atoms with van der Waals surface area (Å²) in [4.78, 5) is 0. The van der Waals surface area contributed by atoms with Crippen molar-refractivity contribution in [3.8, 4) is 11.5 Å². The molecule has 0 aliphatic carbocycles. The van der Waals surface area contributed by atoms with E-state index in [0.717, 1.165) is 28.9 Å². The molecule has 0 N–H and O–H groups in total. The van der Waals surface area contributed by atoms with Crippen molar-refractivity contribution in [3.05, 3.63) is 72.0 Å². The van der Waals surface area contributed by atoms with Gasteiger partial charge >= 0.3 is 10.1 Å². The summed E-state index contributed by atoms with van der Waals surface area (Å²) in [6, 6.07) is 14.8. The molecule has 0 saturated carbocycles. The molecule has 6 heteroatoms. The molecule has 0 unspecified atom stereocenters. The van der Waals surface area contributed by atoms with E-state index in [9.17, 15) is 8.42 Å². The summed E-state index contributed by atoms with van der Waals surface area (Å²) >= 11 is 0. The molecule has 2 aromatic rings. The number of ether oxygens (including phenoxy) is 2. The van der Waals surface area contributed by atoms with Gasteiger partial charge in [-0.1, -0.05) is 30.8 Å². The van der Waals surface area contributed by atoms with Crippen molar-refractivity contribution in [2.45, 2.75) is 19.8 Å². The van der Waals surface area contributed by atoms with Crippen LogP contribution in [0.2, 0.25) is 0 Å². The highest BCUT2D eigenvalue weighted by Crippen LogP contribution is 2.17. The van der Waals surface area contributed by atoms with Crippen LogP contribution >= 0.6 is 0 Å². The lowest BCUT2D eigenvalue weighted by atomic mass is 10.1. The van der Waals surface area contributed by atoms with E-state index in [2.05, 4.69) is 6.58 Å². The lowest BCUT2D eigenvalue weighted by Gasteiger charge is -2.09. The molecule has 0 bridgehead atoms. The maximum absolute atomic E-state index is 11.1. The lowest BCUT2D eigenvalue weighted by Crippen LogP contribution is -2.06. The molecule has 0 fully saturated rings. The van der Waals surface area contributed by atoms with Crippen LogP contribution in [0.5, 0.6) is 11.5 Å². The van der Waals surface area contributed by atoms with Crippen molar-refractivity contribution in [1.29, 1.82) is 0 Å². The van der Waals surface area contributed by atoms with E-state index in [1.165, 1.54) is 0 Å². The predicted molar refractivity (Wildman–Crippen MR) is 102 cm³/mol. The first-order valence-electron chi connectivity index (χ1n) is 8.36. The maximum Gasteiger partial charge on any atom is 0.306 e. The molecule has 0 aliphatic rings. The zero-order valence-electron chi connectivity index (χ0n) is 15.1. The van der Waals surface area contributed by atoms with Crippen molar-refractivity contribution in [3.63, 3.8) is 0 Å². The minimum Gasteiger partial charge on any atom is -0.498 e. The fourth-order valence-electron chi connectivity index (χ4n) is 2.36. The number of rotatable bonds is 10. The largest absolute Gasteiger partial charge is 0.498 e. The van der Waals surface area contributed by atoms with Crippen LogP contribution in [0.4, 0.5) is 0 Å². The minimum atomic E-state index is -3.50. The van der Waals surface area contributed by atoms with E-state index in [1.54, 1.807) is 12.1 Å². The fraction of sp³-hybridized carbons (Fsp3) is 0.300. The predicted octanol–water partition coefficient (Wildman–Crippen LogP) is 3.74. The standard InChI is InChI=1S/C20H24O5S/c1-4-23-16(2)15-18-7-9-19(10-8-18)24-14-13-17-5-11-20(12-6-17)25-26(3,21)22/h5-12H,2,4,13-15H2,1,3H3. The van der Waals surface area contributed by atoms with Gasteiger partial charge in [-0.15, -0.1) is 0 Å². The second kappa shape index (κ2) is 9.29. The molecule has 0 spiro atoms. The highest BCUT2D eigenvalue weighted by molar-refractivity contribution is 7.86. The molecule has 0 amide bonds. The Hall–Kier alpha value is -2.47. The second-order valence-corrected chi connectivity index (χ2v) is 7.40. The Labute approximate surface area is 155 Å². The summed E-state index contributed by atoms with van der Waals surface area (Å²) in [5.74, 6) is 1.86. The number of benzene rings is 2. The lowest BCUT2D eigenvalue weighted by molar-refractivity contribution is 0.225. The average Bonchev–Trinajstić information content (AvgIpc) is 2.57. The number of allylic oxidation sites excluding steroid dienone is 1. The Morgan fingerprint density at radius 3 is 2.12 bits per heavy atom. The zero-order valence-corrected chi connectivity index (χ0v) is 15.9. The van der Waals surface area contributed by atoms with Gasteiger partial charge in [-0.05, 0) is 42.3 Å². The van der Waals surface area contributed by atoms with Gasteiger partial charge in [-0.25, -0.2) is 0 Å². The van der Waals surface area contributed by atoms with Gasteiger partial charge in [0.15, 0.2) is 0 Å². The molecule has 2 rings (SSSR count). The number of hydrogen-bond acceptors (Lipinski definition) is 5. The van der Waals surface area contributed by atoms with Crippen LogP contribution < -0.4 is 8.92 Å². The van der Waals surface area contributed by atoms with Gasteiger partial charge in [0.05, 0.1) is 25.2 Å². The van der Waals surface area contributed by atoms with Crippen LogP contribution in [0.1, 0.15) is 18.1 Å². The fourth-order valence-corrected chi connectivity index (χ4v) is 2.82. The first kappa shape index (κ1) is 19.8. The Bertz CT molecular complexity index is 808. The highest BCUT2D eigenvalue weighted by Gasteiger charge is 2.04. The van der Waals surface area contributed by atoms with E-state index in [1.807, 2.05) is 43.3 Å². The molecular formula is C20H24O5S. The minimum absolute atomic E-state index is 0.307. The van der Waals surface area contributed by atoms with Crippen LogP contribution in [-0.4, -0.2) is 27.9 Å². The Kier molecular flexibility index (Phi) is 7.09. The molecule has 140 valence electrons. The molecule has 0 saturated heterocycles. The maximum atomic E-state index is 11.1. The summed E-state index contributed by atoms with van der Waals surface area (Å²) in [7, 11) is -3.50. The van der Waals surface area contributed by atoms with E-state index in [-0.39, 0.29) is 0 Å². The molecule has 0 aromatic heterocycles. The Morgan fingerprint density at radius 1 is 0.962 bits per heavy atom. The molecular weight excluding hydrogens is 352 g/mol. The molecule has 0 heterocycles. The van der Waals surface area contributed by atoms with Crippen LogP contribution in [0, 0.1) is 0 Å². The molecule has 0 radical (unpaired) electrons. The molecule has 0 aliphatic heterocycles. The topological polar surface area (TPSA) is 61.8 Å². The summed E-state index contributed by atoms with van der Waals surface area (Å²) in [6.45, 7) is 6.97. The van der Waals surface area contributed by atoms with Crippen molar-refractivity contribution >= 4 is 10.1 Å². The van der Waals surface area contributed by atoms with E-state index in [4.69, 9.17) is 13.7 Å². The monoisotopic (exact) mass is 376 g/mol. The van der Waals surface area contributed by atoms with Crippen LogP contribution in [0.15, 0.2) is 60.9 Å². The number of hydrogen-bond donors (Lipinski definition) is 0. The quantitative estimate of drug-likeness (QED) is 0.467. The van der Waals surface area contributed by atoms with Crippen LogP contribution in [0.25, 0.3) is 0 Å². The summed E-state index contributed by atoms with van der Waals surface area (Å²) < 4.78 is 38.1. The second-order valence-electron chi connectivity index (χ2n) is 5.82. The first-order chi connectivity index (χ1) is 12.4. The van der Waals surface area contributed by atoms with Crippen molar-refractivity contribution in [1.82, 2.24) is 0 Å². The van der Waals surface area contributed by atoms with Gasteiger partial charge in [-0.2, -0.15) is 8.42 Å². The van der Waals surface area contributed by atoms with Gasteiger partial charge < -0.3 is 13.7 Å². The highest BCUT2D eigenvalue weighted by atomic mass is 32.2. The van der Waals surface area contributed by atoms with Gasteiger partial charge in [0.25, 0.3) is 0 Å². The van der Waals surface area contributed by atoms with E-state index in [0.29, 0.717) is 31.8 Å². The van der Waals surface area contributed by atoms with Gasteiger partial charge in [0.1, 0.15) is 11.5 Å². The summed E-state index contributed by atoms with van der Waals surface area (Å²) in [5, 5.41) is 0. The molecule has 0 atom stereocenters. The SMILES string of the molecule is C=C(Cc1ccc(OCCc2ccc(OS(C)(=O)=O)cc2)cc1)OCC. The summed E-state index contributed by atoms with van der Waals surface area (Å²) in [5.41, 5.74) is 2.16. The third-order valence-electron chi connectivity index (χ3n) is 3.50. The van der Waals surface area contributed by atoms with E-state index < -0.39 is 10.1 Å². The Balaban J connectivity index is 1.79. The average molecular weight is 376 g/mol. The van der Waals surface area contributed by atoms with Crippen molar-refractivity contribution < 1.29 is 22.1 Å².